The van der Waals surface area contributed by atoms with Crippen molar-refractivity contribution >= 4 is 17.8 Å². The summed E-state index contributed by atoms with van der Waals surface area (Å²) in [5, 5.41) is 0. The molecule has 0 bridgehead atoms. The van der Waals surface area contributed by atoms with Gasteiger partial charge in [0.2, 0.25) is 5.91 Å². The highest BCUT2D eigenvalue weighted by molar-refractivity contribution is 5.76. The Kier molecular flexibility index (Phi) is 16.0. The average Bonchev–Trinajstić information content (AvgIpc) is 3.44. The molecule has 0 radical (unpaired) electrons. The zero-order valence-corrected chi connectivity index (χ0v) is 33.6. The van der Waals surface area contributed by atoms with Gasteiger partial charge in [0.1, 0.15) is 12.2 Å². The van der Waals surface area contributed by atoms with E-state index in [4.69, 9.17) is 9.47 Å². The molecule has 4 saturated carbocycles. The monoisotopic (exact) mass is 700 g/mol. The molecule has 1 amide bonds. The van der Waals surface area contributed by atoms with Crippen molar-refractivity contribution in [1.29, 1.82) is 0 Å². The Bertz CT molecular complexity index is 1060. The highest BCUT2D eigenvalue weighted by atomic mass is 16.5. The number of fused-ring (bicyclic) bond motifs is 5. The van der Waals surface area contributed by atoms with Crippen LogP contribution in [0.25, 0.3) is 0 Å². The van der Waals surface area contributed by atoms with Crippen LogP contribution in [-0.2, 0) is 23.9 Å². The van der Waals surface area contributed by atoms with Gasteiger partial charge in [0.25, 0.3) is 0 Å². The Balaban J connectivity index is 1.40. The molecule has 6 heteroatoms. The molecule has 4 rings (SSSR count). The summed E-state index contributed by atoms with van der Waals surface area (Å²) in [6.07, 6.45) is 25.4. The topological polar surface area (TPSA) is 72.9 Å². The van der Waals surface area contributed by atoms with Gasteiger partial charge >= 0.3 is 11.9 Å². The van der Waals surface area contributed by atoms with Crippen molar-refractivity contribution in [2.24, 2.45) is 46.3 Å². The molecule has 0 aliphatic heterocycles. The molecule has 4 aliphatic carbocycles. The van der Waals surface area contributed by atoms with E-state index in [-0.39, 0.29) is 35.0 Å². The van der Waals surface area contributed by atoms with Crippen LogP contribution >= 0.6 is 0 Å². The van der Waals surface area contributed by atoms with Gasteiger partial charge in [0, 0.05) is 38.8 Å². The van der Waals surface area contributed by atoms with Crippen LogP contribution in [0.3, 0.4) is 0 Å². The van der Waals surface area contributed by atoms with Crippen LogP contribution < -0.4 is 0 Å². The Morgan fingerprint density at radius 3 is 1.92 bits per heavy atom. The van der Waals surface area contributed by atoms with Crippen LogP contribution in [0.2, 0.25) is 0 Å². The minimum absolute atomic E-state index is 0.0483. The molecule has 10 atom stereocenters. The van der Waals surface area contributed by atoms with E-state index in [9.17, 15) is 14.4 Å². The van der Waals surface area contributed by atoms with Gasteiger partial charge in [-0.3, -0.25) is 14.4 Å². The van der Waals surface area contributed by atoms with Crippen LogP contribution in [-0.4, -0.2) is 48.0 Å². The van der Waals surface area contributed by atoms with Crippen LogP contribution in [0.4, 0.5) is 0 Å². The summed E-state index contributed by atoms with van der Waals surface area (Å²) in [6.45, 7) is 16.8. The van der Waals surface area contributed by atoms with E-state index in [2.05, 4.69) is 39.5 Å². The second-order valence-corrected chi connectivity index (χ2v) is 18.0. The molecule has 288 valence electrons. The van der Waals surface area contributed by atoms with Gasteiger partial charge in [0.15, 0.2) is 0 Å². The molecule has 0 unspecified atom stereocenters. The summed E-state index contributed by atoms with van der Waals surface area (Å²) in [4.78, 5) is 40.5. The van der Waals surface area contributed by atoms with Gasteiger partial charge in [-0.25, -0.2) is 0 Å². The lowest BCUT2D eigenvalue weighted by Crippen LogP contribution is -2.59. The fourth-order valence-electron chi connectivity index (χ4n) is 12.1. The Labute approximate surface area is 307 Å². The highest BCUT2D eigenvalue weighted by Gasteiger charge is 2.65. The second-order valence-electron chi connectivity index (χ2n) is 18.0. The lowest BCUT2D eigenvalue weighted by molar-refractivity contribution is -0.197. The molecule has 4 aliphatic rings. The molecule has 6 nitrogen and oxygen atoms in total. The quantitative estimate of drug-likeness (QED) is 0.0934. The number of unbranched alkanes of at least 4 members (excludes halogenated alkanes) is 10. The van der Waals surface area contributed by atoms with Crippen LogP contribution in [0.5, 0.6) is 0 Å². The minimum atomic E-state index is -0.160. The van der Waals surface area contributed by atoms with Crippen molar-refractivity contribution in [2.45, 2.75) is 202 Å². The number of hydrogen-bond donors (Lipinski definition) is 0. The van der Waals surface area contributed by atoms with E-state index < -0.39 is 0 Å². The smallest absolute Gasteiger partial charge is 0.302 e. The molecule has 0 spiro atoms. The molecular weight excluding hydrogens is 622 g/mol. The molecule has 0 saturated heterocycles. The second kappa shape index (κ2) is 19.5. The SMILES string of the molecule is CCCCCCCCN(CCCCCCCC)C(=O)CC[C@@H](C)[C@H]1CC[C@H]2[C@@H]3CC[C@@H]4C[C@H](OC(C)=O)CC[C@]4(C)[C@H]3C[C@H](OC(C)=O)[C@]12C. The molecule has 0 N–H and O–H groups in total. The lowest BCUT2D eigenvalue weighted by atomic mass is 9.43. The average molecular weight is 700 g/mol. The van der Waals surface area contributed by atoms with Crippen molar-refractivity contribution in [3.05, 3.63) is 0 Å². The molecule has 0 heterocycles. The fraction of sp³-hybridized carbons (Fsp3) is 0.932. The summed E-state index contributed by atoms with van der Waals surface area (Å²) < 4.78 is 12.1. The molecule has 0 aromatic heterocycles. The van der Waals surface area contributed by atoms with E-state index in [1.807, 2.05) is 0 Å². The zero-order valence-electron chi connectivity index (χ0n) is 33.6. The zero-order chi connectivity index (χ0) is 36.3. The molecular formula is C44H77NO5. The van der Waals surface area contributed by atoms with Crippen molar-refractivity contribution in [3.8, 4) is 0 Å². The number of carbonyl (C=O) groups excluding carboxylic acids is 3. The molecule has 0 aromatic carbocycles. The molecule has 0 aromatic rings. The Morgan fingerprint density at radius 2 is 1.32 bits per heavy atom. The summed E-state index contributed by atoms with van der Waals surface area (Å²) in [7, 11) is 0. The Morgan fingerprint density at radius 1 is 0.720 bits per heavy atom. The normalized spacial score (nSPS) is 33.9. The van der Waals surface area contributed by atoms with E-state index in [1.165, 1.54) is 96.8 Å². The van der Waals surface area contributed by atoms with Crippen molar-refractivity contribution < 1.29 is 23.9 Å². The first-order valence-corrected chi connectivity index (χ1v) is 21.6. The summed E-state index contributed by atoms with van der Waals surface area (Å²) in [6, 6.07) is 0. The van der Waals surface area contributed by atoms with Crippen LogP contribution in [0, 0.1) is 46.3 Å². The van der Waals surface area contributed by atoms with Crippen LogP contribution in [0.15, 0.2) is 0 Å². The number of ether oxygens (including phenoxy) is 2. The third-order valence-electron chi connectivity index (χ3n) is 14.8. The van der Waals surface area contributed by atoms with E-state index in [1.54, 1.807) is 6.92 Å². The minimum Gasteiger partial charge on any atom is -0.463 e. The third-order valence-corrected chi connectivity index (χ3v) is 14.8. The third kappa shape index (κ3) is 10.1. The predicted octanol–water partition coefficient (Wildman–Crippen LogP) is 11.1. The first-order chi connectivity index (χ1) is 23.9. The van der Waals surface area contributed by atoms with Gasteiger partial charge in [-0.2, -0.15) is 0 Å². The summed E-state index contributed by atoms with van der Waals surface area (Å²) >= 11 is 0. The van der Waals surface area contributed by atoms with Crippen molar-refractivity contribution in [1.82, 2.24) is 4.90 Å². The summed E-state index contributed by atoms with van der Waals surface area (Å²) in [5.41, 5.74) is 0.148. The number of rotatable bonds is 20. The largest absolute Gasteiger partial charge is 0.463 e. The predicted molar refractivity (Wildman–Crippen MR) is 203 cm³/mol. The fourth-order valence-corrected chi connectivity index (χ4v) is 12.1. The van der Waals surface area contributed by atoms with E-state index >= 15 is 0 Å². The van der Waals surface area contributed by atoms with E-state index in [0.717, 1.165) is 58.0 Å². The highest BCUT2D eigenvalue weighted by Crippen LogP contribution is 2.69. The van der Waals surface area contributed by atoms with Gasteiger partial charge in [-0.1, -0.05) is 98.8 Å². The first-order valence-electron chi connectivity index (χ1n) is 21.6. The first kappa shape index (κ1) is 41.2. The van der Waals surface area contributed by atoms with E-state index in [0.29, 0.717) is 47.8 Å². The number of carbonyl (C=O) groups is 3. The lowest BCUT2D eigenvalue weighted by Gasteiger charge is -2.62. The maximum atomic E-state index is 13.8. The van der Waals surface area contributed by atoms with Gasteiger partial charge in [-0.05, 0) is 112 Å². The maximum Gasteiger partial charge on any atom is 0.302 e. The van der Waals surface area contributed by atoms with Gasteiger partial charge in [-0.15, -0.1) is 0 Å². The molecule has 50 heavy (non-hydrogen) atoms. The number of amides is 1. The van der Waals surface area contributed by atoms with Crippen molar-refractivity contribution in [2.75, 3.05) is 13.1 Å². The standard InChI is InChI=1S/C44H77NO5/c1-8-10-12-14-16-18-28-45(29-19-17-15-13-11-9-2)42(48)25-20-32(3)38-23-24-39-37-22-21-35-30-36(49-33(4)46)26-27-43(35,6)40(37)31-41(44(38,39)7)50-34(5)47/h32,35-41H,8-31H2,1-7H3/t32-,35-,36-,37+,38-,39+,40+,41+,43+,44-/m1/s1. The molecule has 4 fully saturated rings. The summed E-state index contributed by atoms with van der Waals surface area (Å²) in [5.74, 6) is 3.22. The van der Waals surface area contributed by atoms with Gasteiger partial charge in [0.05, 0.1) is 0 Å². The number of hydrogen-bond acceptors (Lipinski definition) is 5. The van der Waals surface area contributed by atoms with Crippen LogP contribution in [0.1, 0.15) is 190 Å². The maximum absolute atomic E-state index is 13.8. The van der Waals surface area contributed by atoms with Crippen molar-refractivity contribution in [3.63, 3.8) is 0 Å². The Hall–Kier alpha value is -1.59. The van der Waals surface area contributed by atoms with Gasteiger partial charge < -0.3 is 14.4 Å². The number of nitrogens with zero attached hydrogens (tertiary/aromatic N) is 1. The number of esters is 2.